The fourth-order valence-electron chi connectivity index (χ4n) is 1.59. The molecule has 13 heavy (non-hydrogen) atoms. The highest BCUT2D eigenvalue weighted by Gasteiger charge is 2.06. The van der Waals surface area contributed by atoms with Crippen molar-refractivity contribution in [3.63, 3.8) is 0 Å². The topological polar surface area (TPSA) is 28.7 Å². The third kappa shape index (κ3) is 2.04. The third-order valence-electron chi connectivity index (χ3n) is 2.30. The summed E-state index contributed by atoms with van der Waals surface area (Å²) < 4.78 is 0.695. The highest BCUT2D eigenvalue weighted by molar-refractivity contribution is 7.71. The summed E-state index contributed by atoms with van der Waals surface area (Å²) in [5, 5.41) is 7.03. The maximum absolute atomic E-state index is 4.94. The van der Waals surface area contributed by atoms with Gasteiger partial charge < -0.3 is 0 Å². The lowest BCUT2D eigenvalue weighted by atomic mass is 9.97. The number of allylic oxidation sites excluding steroid dienone is 2. The van der Waals surface area contributed by atoms with E-state index in [1.807, 2.05) is 12.1 Å². The van der Waals surface area contributed by atoms with Gasteiger partial charge in [-0.2, -0.15) is 5.10 Å². The zero-order valence-electron chi connectivity index (χ0n) is 7.42. The van der Waals surface area contributed by atoms with Gasteiger partial charge in [-0.1, -0.05) is 18.3 Å². The van der Waals surface area contributed by atoms with Gasteiger partial charge in [-0.3, -0.25) is 5.10 Å². The number of rotatable bonds is 1. The molecule has 2 rings (SSSR count). The van der Waals surface area contributed by atoms with E-state index in [1.165, 1.54) is 24.8 Å². The van der Waals surface area contributed by atoms with E-state index < -0.39 is 0 Å². The lowest BCUT2D eigenvalue weighted by Crippen LogP contribution is -1.95. The summed E-state index contributed by atoms with van der Waals surface area (Å²) in [6, 6.07) is 3.89. The van der Waals surface area contributed by atoms with Crippen molar-refractivity contribution in [1.29, 1.82) is 0 Å². The summed E-state index contributed by atoms with van der Waals surface area (Å²) >= 11 is 4.94. The molecule has 0 atom stereocenters. The Labute approximate surface area is 82.7 Å². The first kappa shape index (κ1) is 8.63. The molecule has 1 N–H and O–H groups in total. The quantitative estimate of drug-likeness (QED) is 0.693. The summed E-state index contributed by atoms with van der Waals surface area (Å²) in [7, 11) is 0. The Balaban J connectivity index is 2.29. The molecular weight excluding hydrogens is 180 g/mol. The molecule has 0 unspecified atom stereocenters. The molecule has 0 amide bonds. The molecule has 1 aromatic rings. The molecule has 0 aliphatic heterocycles. The summed E-state index contributed by atoms with van der Waals surface area (Å²) in [5.74, 6) is 0. The molecular formula is C10H12N2S. The molecule has 0 saturated heterocycles. The van der Waals surface area contributed by atoms with Gasteiger partial charge in [-0.15, -0.1) is 0 Å². The minimum Gasteiger partial charge on any atom is -0.267 e. The summed E-state index contributed by atoms with van der Waals surface area (Å²) in [5.41, 5.74) is 2.41. The molecule has 0 fully saturated rings. The van der Waals surface area contributed by atoms with Crippen molar-refractivity contribution in [3.05, 3.63) is 28.5 Å². The van der Waals surface area contributed by atoms with Gasteiger partial charge in [0, 0.05) is 0 Å². The number of nitrogens with zero attached hydrogens (tertiary/aromatic N) is 1. The molecule has 0 spiro atoms. The van der Waals surface area contributed by atoms with E-state index in [0.717, 1.165) is 12.1 Å². The molecule has 1 aliphatic rings. The second kappa shape index (κ2) is 3.83. The standard InChI is InChI=1S/C10H12N2S/c13-10-7-6-9(11-12-10)8-4-2-1-3-5-8/h4,6-7H,1-3,5H2,(H,12,13). The van der Waals surface area contributed by atoms with Crippen LogP contribution in [-0.2, 0) is 0 Å². The van der Waals surface area contributed by atoms with Crippen LogP contribution >= 0.6 is 12.2 Å². The van der Waals surface area contributed by atoms with Crippen molar-refractivity contribution in [3.8, 4) is 0 Å². The second-order valence-electron chi connectivity index (χ2n) is 3.28. The normalized spacial score (nSPS) is 16.8. The van der Waals surface area contributed by atoms with E-state index in [0.29, 0.717) is 4.64 Å². The van der Waals surface area contributed by atoms with Crippen LogP contribution in [0.5, 0.6) is 0 Å². The fourth-order valence-corrected chi connectivity index (χ4v) is 1.71. The Hall–Kier alpha value is -0.960. The Morgan fingerprint density at radius 1 is 1.31 bits per heavy atom. The lowest BCUT2D eigenvalue weighted by molar-refractivity contribution is 0.737. The van der Waals surface area contributed by atoms with Crippen LogP contribution in [-0.4, -0.2) is 10.2 Å². The predicted octanol–water partition coefficient (Wildman–Crippen LogP) is 3.10. The number of aromatic nitrogens is 2. The van der Waals surface area contributed by atoms with Gasteiger partial charge in [0.2, 0.25) is 0 Å². The molecule has 0 saturated carbocycles. The second-order valence-corrected chi connectivity index (χ2v) is 3.72. The number of aromatic amines is 1. The van der Waals surface area contributed by atoms with Gasteiger partial charge in [0.05, 0.1) is 5.69 Å². The van der Waals surface area contributed by atoms with E-state index in [9.17, 15) is 0 Å². The number of hydrogen-bond acceptors (Lipinski definition) is 2. The summed E-state index contributed by atoms with van der Waals surface area (Å²) in [6.45, 7) is 0. The van der Waals surface area contributed by atoms with Crippen LogP contribution in [0.15, 0.2) is 18.2 Å². The fraction of sp³-hybridized carbons (Fsp3) is 0.400. The van der Waals surface area contributed by atoms with E-state index in [4.69, 9.17) is 12.2 Å². The summed E-state index contributed by atoms with van der Waals surface area (Å²) in [4.78, 5) is 0. The zero-order valence-corrected chi connectivity index (χ0v) is 8.23. The average Bonchev–Trinajstić information content (AvgIpc) is 2.20. The summed E-state index contributed by atoms with van der Waals surface area (Å²) in [6.07, 6.45) is 7.21. The minimum atomic E-state index is 0.695. The van der Waals surface area contributed by atoms with Gasteiger partial charge in [-0.05, 0) is 43.4 Å². The van der Waals surface area contributed by atoms with Crippen LogP contribution in [0, 0.1) is 4.64 Å². The van der Waals surface area contributed by atoms with E-state index in [1.54, 1.807) is 0 Å². The molecule has 2 nitrogen and oxygen atoms in total. The van der Waals surface area contributed by atoms with E-state index in [-0.39, 0.29) is 0 Å². The molecule has 0 radical (unpaired) electrons. The Kier molecular flexibility index (Phi) is 2.54. The molecule has 0 aromatic carbocycles. The van der Waals surface area contributed by atoms with Crippen LogP contribution in [0.1, 0.15) is 31.4 Å². The first-order valence-corrected chi connectivity index (χ1v) is 5.02. The molecule has 68 valence electrons. The van der Waals surface area contributed by atoms with Crippen LogP contribution < -0.4 is 0 Å². The van der Waals surface area contributed by atoms with Gasteiger partial charge in [0.15, 0.2) is 0 Å². The number of nitrogens with one attached hydrogen (secondary N) is 1. The SMILES string of the molecule is S=c1ccc(C2=CCCCC2)n[nH]1. The molecule has 1 aliphatic carbocycles. The molecule has 1 aromatic heterocycles. The number of hydrogen-bond donors (Lipinski definition) is 1. The predicted molar refractivity (Wildman–Crippen MR) is 55.9 cm³/mol. The van der Waals surface area contributed by atoms with Crippen molar-refractivity contribution in [2.24, 2.45) is 0 Å². The van der Waals surface area contributed by atoms with Crippen LogP contribution in [0.3, 0.4) is 0 Å². The smallest absolute Gasteiger partial charge is 0.119 e. The van der Waals surface area contributed by atoms with Crippen LogP contribution in [0.2, 0.25) is 0 Å². The van der Waals surface area contributed by atoms with Gasteiger partial charge in [-0.25, -0.2) is 0 Å². The van der Waals surface area contributed by atoms with Crippen molar-refractivity contribution in [2.75, 3.05) is 0 Å². The number of H-pyrrole nitrogens is 1. The van der Waals surface area contributed by atoms with Crippen molar-refractivity contribution >= 4 is 17.8 Å². The Morgan fingerprint density at radius 3 is 2.85 bits per heavy atom. The Morgan fingerprint density at radius 2 is 2.23 bits per heavy atom. The molecule has 0 bridgehead atoms. The van der Waals surface area contributed by atoms with Crippen molar-refractivity contribution in [2.45, 2.75) is 25.7 Å². The average molecular weight is 192 g/mol. The van der Waals surface area contributed by atoms with Crippen LogP contribution in [0.25, 0.3) is 5.57 Å². The first-order chi connectivity index (χ1) is 6.36. The van der Waals surface area contributed by atoms with Crippen molar-refractivity contribution < 1.29 is 0 Å². The highest BCUT2D eigenvalue weighted by atomic mass is 32.1. The van der Waals surface area contributed by atoms with E-state index >= 15 is 0 Å². The first-order valence-electron chi connectivity index (χ1n) is 4.61. The monoisotopic (exact) mass is 192 g/mol. The molecule has 1 heterocycles. The van der Waals surface area contributed by atoms with Crippen LogP contribution in [0.4, 0.5) is 0 Å². The highest BCUT2D eigenvalue weighted by Crippen LogP contribution is 2.24. The maximum atomic E-state index is 4.94. The third-order valence-corrected chi connectivity index (χ3v) is 2.53. The molecule has 3 heteroatoms. The largest absolute Gasteiger partial charge is 0.267 e. The zero-order chi connectivity index (χ0) is 9.10. The van der Waals surface area contributed by atoms with E-state index in [2.05, 4.69) is 16.3 Å². The van der Waals surface area contributed by atoms with Gasteiger partial charge in [0.1, 0.15) is 4.64 Å². The van der Waals surface area contributed by atoms with Gasteiger partial charge >= 0.3 is 0 Å². The minimum absolute atomic E-state index is 0.695. The van der Waals surface area contributed by atoms with Crippen molar-refractivity contribution in [1.82, 2.24) is 10.2 Å². The Bertz CT molecular complexity index is 358. The maximum Gasteiger partial charge on any atom is 0.119 e. The van der Waals surface area contributed by atoms with Gasteiger partial charge in [0.25, 0.3) is 0 Å². The lowest BCUT2D eigenvalue weighted by Gasteiger charge is -2.10.